The molecule has 2 aromatic rings. The predicted molar refractivity (Wildman–Crippen MR) is 109 cm³/mol. The third kappa shape index (κ3) is 6.45. The highest BCUT2D eigenvalue weighted by Gasteiger charge is 2.34. The van der Waals surface area contributed by atoms with Crippen LogP contribution in [0.1, 0.15) is 30.4 Å². The van der Waals surface area contributed by atoms with Crippen LogP contribution in [-0.4, -0.2) is 36.4 Å². The van der Waals surface area contributed by atoms with E-state index in [1.165, 1.54) is 0 Å². The van der Waals surface area contributed by atoms with Crippen molar-refractivity contribution in [3.05, 3.63) is 65.5 Å². The molecule has 0 bridgehead atoms. The number of amides is 2. The predicted octanol–water partition coefficient (Wildman–Crippen LogP) is 4.17. The zero-order valence-electron chi connectivity index (χ0n) is 17.3. The lowest BCUT2D eigenvalue weighted by atomic mass is 9.95. The van der Waals surface area contributed by atoms with Gasteiger partial charge in [-0.05, 0) is 42.7 Å². The summed E-state index contributed by atoms with van der Waals surface area (Å²) in [6.07, 6.45) is -3.64. The molecular weight excluding hydrogens is 428 g/mol. The van der Waals surface area contributed by atoms with Crippen LogP contribution in [0.25, 0.3) is 0 Å². The number of nitrogens with zero attached hydrogens (tertiary/aromatic N) is 1. The molecule has 3 rings (SSSR count). The normalized spacial score (nSPS) is 14.8. The number of carbonyl (C=O) groups is 2. The molecule has 0 unspecified atom stereocenters. The van der Waals surface area contributed by atoms with Crippen molar-refractivity contribution in [2.24, 2.45) is 5.92 Å². The average Bonchev–Trinajstić information content (AvgIpc) is 2.78. The van der Waals surface area contributed by atoms with E-state index in [0.29, 0.717) is 37.7 Å². The highest BCUT2D eigenvalue weighted by Crippen LogP contribution is 2.32. The van der Waals surface area contributed by atoms with Gasteiger partial charge in [-0.3, -0.25) is 9.59 Å². The van der Waals surface area contributed by atoms with Crippen LogP contribution in [0.4, 0.5) is 17.6 Å². The van der Waals surface area contributed by atoms with Crippen molar-refractivity contribution in [3.8, 4) is 5.75 Å². The van der Waals surface area contributed by atoms with Gasteiger partial charge in [0.05, 0.1) is 18.6 Å². The number of hydrogen-bond acceptors (Lipinski definition) is 3. The fourth-order valence-corrected chi connectivity index (χ4v) is 3.62. The highest BCUT2D eigenvalue weighted by molar-refractivity contribution is 5.80. The topological polar surface area (TPSA) is 58.6 Å². The number of benzene rings is 2. The van der Waals surface area contributed by atoms with Crippen LogP contribution in [0.15, 0.2) is 48.5 Å². The molecule has 2 amide bonds. The Hall–Kier alpha value is -3.10. The van der Waals surface area contributed by atoms with Crippen molar-refractivity contribution in [1.82, 2.24) is 10.2 Å². The number of piperidine rings is 1. The Morgan fingerprint density at radius 3 is 2.41 bits per heavy atom. The zero-order valence-corrected chi connectivity index (χ0v) is 17.3. The molecule has 2 aromatic carbocycles. The lowest BCUT2D eigenvalue weighted by Crippen LogP contribution is -2.43. The van der Waals surface area contributed by atoms with Crippen molar-refractivity contribution < 1.29 is 31.9 Å². The van der Waals surface area contributed by atoms with E-state index >= 15 is 0 Å². The van der Waals surface area contributed by atoms with Gasteiger partial charge in [0.1, 0.15) is 11.6 Å². The summed E-state index contributed by atoms with van der Waals surface area (Å²) in [6, 6.07) is 11.5. The van der Waals surface area contributed by atoms with Crippen molar-refractivity contribution in [3.63, 3.8) is 0 Å². The lowest BCUT2D eigenvalue weighted by molar-refractivity contribution is -0.138. The Morgan fingerprint density at radius 2 is 1.75 bits per heavy atom. The molecule has 0 spiro atoms. The Kier molecular flexibility index (Phi) is 7.71. The maximum Gasteiger partial charge on any atom is 0.416 e. The third-order valence-corrected chi connectivity index (χ3v) is 5.38. The fourth-order valence-electron chi connectivity index (χ4n) is 3.62. The first-order chi connectivity index (χ1) is 15.2. The minimum Gasteiger partial charge on any atom is -0.493 e. The molecule has 1 saturated heterocycles. The van der Waals surface area contributed by atoms with Gasteiger partial charge in [0.15, 0.2) is 0 Å². The van der Waals surface area contributed by atoms with Crippen LogP contribution in [0.3, 0.4) is 0 Å². The molecule has 9 heteroatoms. The van der Waals surface area contributed by atoms with E-state index < -0.39 is 23.5 Å². The summed E-state index contributed by atoms with van der Waals surface area (Å²) in [5.74, 6) is -1.14. The second kappa shape index (κ2) is 10.5. The van der Waals surface area contributed by atoms with Gasteiger partial charge in [0.2, 0.25) is 11.8 Å². The summed E-state index contributed by atoms with van der Waals surface area (Å²) < 4.78 is 58.0. The first-order valence-electron chi connectivity index (χ1n) is 10.3. The average molecular weight is 452 g/mol. The largest absolute Gasteiger partial charge is 0.493 e. The van der Waals surface area contributed by atoms with Gasteiger partial charge < -0.3 is 15.0 Å². The Labute approximate surface area is 183 Å². The minimum atomic E-state index is -4.71. The summed E-state index contributed by atoms with van der Waals surface area (Å²) in [5.41, 5.74) is -1.30. The van der Waals surface area contributed by atoms with Crippen LogP contribution in [0.5, 0.6) is 5.75 Å². The third-order valence-electron chi connectivity index (χ3n) is 5.38. The molecule has 5 nitrogen and oxygen atoms in total. The molecule has 1 fully saturated rings. The van der Waals surface area contributed by atoms with Gasteiger partial charge in [0.25, 0.3) is 0 Å². The number of para-hydroxylation sites is 1. The maximum atomic E-state index is 13.2. The molecule has 172 valence electrons. The number of alkyl halides is 3. The Balaban J connectivity index is 1.43. The van der Waals surface area contributed by atoms with Crippen LogP contribution < -0.4 is 10.1 Å². The monoisotopic (exact) mass is 452 g/mol. The summed E-state index contributed by atoms with van der Waals surface area (Å²) in [4.78, 5) is 26.4. The molecule has 1 aliphatic rings. The first kappa shape index (κ1) is 23.6. The molecular formula is C23H24F4N2O3. The van der Waals surface area contributed by atoms with Gasteiger partial charge in [-0.15, -0.1) is 0 Å². The van der Waals surface area contributed by atoms with E-state index in [0.717, 1.165) is 12.1 Å². The van der Waals surface area contributed by atoms with Crippen LogP contribution in [-0.2, 0) is 22.3 Å². The van der Waals surface area contributed by atoms with Crippen molar-refractivity contribution in [2.45, 2.75) is 32.0 Å². The van der Waals surface area contributed by atoms with Crippen LogP contribution in [0.2, 0.25) is 0 Å². The molecule has 1 aliphatic heterocycles. The Morgan fingerprint density at radius 1 is 1.06 bits per heavy atom. The SMILES string of the molecule is O=C(NCc1ccc(F)cc1C(F)(F)F)C1CCN(C(=O)CCOc2ccccc2)CC1. The number of likely N-dealkylation sites (tertiary alicyclic amines) is 1. The van der Waals surface area contributed by atoms with Crippen LogP contribution in [0, 0.1) is 11.7 Å². The van der Waals surface area contributed by atoms with Gasteiger partial charge in [-0.1, -0.05) is 24.3 Å². The van der Waals surface area contributed by atoms with E-state index in [4.69, 9.17) is 4.74 Å². The van der Waals surface area contributed by atoms with E-state index in [1.54, 1.807) is 17.0 Å². The van der Waals surface area contributed by atoms with Gasteiger partial charge >= 0.3 is 6.18 Å². The number of carbonyl (C=O) groups excluding carboxylic acids is 2. The summed E-state index contributed by atoms with van der Waals surface area (Å²) in [6.45, 7) is 0.700. The second-order valence-corrected chi connectivity index (χ2v) is 7.58. The molecule has 0 aromatic heterocycles. The van der Waals surface area contributed by atoms with E-state index in [9.17, 15) is 27.2 Å². The zero-order chi connectivity index (χ0) is 23.1. The molecule has 1 heterocycles. The number of rotatable bonds is 7. The van der Waals surface area contributed by atoms with Gasteiger partial charge in [-0.2, -0.15) is 13.2 Å². The van der Waals surface area contributed by atoms with Crippen molar-refractivity contribution >= 4 is 11.8 Å². The summed E-state index contributed by atoms with van der Waals surface area (Å²) in [5, 5.41) is 2.51. The van der Waals surface area contributed by atoms with Crippen molar-refractivity contribution in [2.75, 3.05) is 19.7 Å². The number of hydrogen-bond donors (Lipinski definition) is 1. The van der Waals surface area contributed by atoms with E-state index in [-0.39, 0.29) is 37.0 Å². The number of nitrogens with one attached hydrogen (secondary N) is 1. The number of halogens is 4. The first-order valence-corrected chi connectivity index (χ1v) is 10.3. The molecule has 0 saturated carbocycles. The van der Waals surface area contributed by atoms with Gasteiger partial charge in [-0.25, -0.2) is 4.39 Å². The Bertz CT molecular complexity index is 927. The van der Waals surface area contributed by atoms with Crippen LogP contribution >= 0.6 is 0 Å². The minimum absolute atomic E-state index is 0.0686. The molecule has 0 aliphatic carbocycles. The van der Waals surface area contributed by atoms with Crippen molar-refractivity contribution in [1.29, 1.82) is 0 Å². The summed E-state index contributed by atoms with van der Waals surface area (Å²) in [7, 11) is 0. The molecule has 1 N–H and O–H groups in total. The van der Waals surface area contributed by atoms with E-state index in [2.05, 4.69) is 5.32 Å². The summed E-state index contributed by atoms with van der Waals surface area (Å²) >= 11 is 0. The van der Waals surface area contributed by atoms with E-state index in [1.807, 2.05) is 18.2 Å². The molecule has 32 heavy (non-hydrogen) atoms. The quantitative estimate of drug-likeness (QED) is 0.642. The fraction of sp³-hybridized carbons (Fsp3) is 0.391. The molecule has 0 atom stereocenters. The standard InChI is InChI=1S/C23H24F4N2O3/c24-18-7-6-17(20(14-18)23(25,26)27)15-28-22(31)16-8-11-29(12-9-16)21(30)10-13-32-19-4-2-1-3-5-19/h1-7,14,16H,8-13,15H2,(H,28,31). The lowest BCUT2D eigenvalue weighted by Gasteiger charge is -2.31. The highest BCUT2D eigenvalue weighted by atomic mass is 19.4. The smallest absolute Gasteiger partial charge is 0.416 e. The van der Waals surface area contributed by atoms with Gasteiger partial charge in [0, 0.05) is 25.6 Å². The molecule has 0 radical (unpaired) electrons. The number of ether oxygens (including phenoxy) is 1. The second-order valence-electron chi connectivity index (χ2n) is 7.58. The maximum absolute atomic E-state index is 13.2.